The van der Waals surface area contributed by atoms with Crippen LogP contribution in [0, 0.1) is 17.2 Å². The lowest BCUT2D eigenvalue weighted by atomic mass is 9.88. The van der Waals surface area contributed by atoms with Crippen LogP contribution in [0.1, 0.15) is 63.0 Å². The van der Waals surface area contributed by atoms with Crippen LogP contribution in [0.25, 0.3) is 0 Å². The van der Waals surface area contributed by atoms with Crippen molar-refractivity contribution in [2.24, 2.45) is 5.92 Å². The zero-order chi connectivity index (χ0) is 14.9. The summed E-state index contributed by atoms with van der Waals surface area (Å²) in [4.78, 5) is 0. The van der Waals surface area contributed by atoms with E-state index < -0.39 is 0 Å². The van der Waals surface area contributed by atoms with Crippen molar-refractivity contribution in [3.63, 3.8) is 0 Å². The molecule has 2 nitrogen and oxygen atoms in total. The van der Waals surface area contributed by atoms with Crippen LogP contribution in [0.3, 0.4) is 0 Å². The number of benzene rings is 1. The van der Waals surface area contributed by atoms with E-state index in [1.165, 1.54) is 36.8 Å². The smallest absolute Gasteiger partial charge is 0.0720 e. The minimum atomic E-state index is 0.257. The highest BCUT2D eigenvalue weighted by molar-refractivity contribution is 5.22. The molecule has 0 bridgehead atoms. The van der Waals surface area contributed by atoms with Gasteiger partial charge in [-0.25, -0.2) is 0 Å². The number of aryl methyl sites for hydroxylation is 1. The first-order chi connectivity index (χ1) is 10.3. The Hall–Kier alpha value is -1.33. The van der Waals surface area contributed by atoms with Crippen LogP contribution < -0.4 is 0 Å². The molecule has 1 fully saturated rings. The molecule has 1 aliphatic carbocycles. The summed E-state index contributed by atoms with van der Waals surface area (Å²) in [6.07, 6.45) is 9.48. The Balaban J connectivity index is 1.70. The lowest BCUT2D eigenvalue weighted by Crippen LogP contribution is -2.20. The third-order valence-electron chi connectivity index (χ3n) is 4.43. The Labute approximate surface area is 129 Å². The maximum absolute atomic E-state index is 8.90. The summed E-state index contributed by atoms with van der Waals surface area (Å²) < 4.78 is 5.99. The fraction of sp³-hybridized carbons (Fsp3) is 0.632. The molecular weight excluding hydrogens is 258 g/mol. The summed E-state index contributed by atoms with van der Waals surface area (Å²) in [6, 6.07) is 11.2. The molecule has 0 spiro atoms. The Morgan fingerprint density at radius 1 is 1.05 bits per heavy atom. The maximum atomic E-state index is 8.90. The van der Waals surface area contributed by atoms with E-state index in [0.717, 1.165) is 25.7 Å². The Kier molecular flexibility index (Phi) is 6.76. The first-order valence-electron chi connectivity index (χ1n) is 8.41. The van der Waals surface area contributed by atoms with Crippen LogP contribution in [0.4, 0.5) is 0 Å². The average Bonchev–Trinajstić information content (AvgIpc) is 2.55. The van der Waals surface area contributed by atoms with Crippen LogP contribution in [-0.2, 0) is 17.8 Å². The molecule has 0 unspecified atom stereocenters. The van der Waals surface area contributed by atoms with Crippen molar-refractivity contribution < 1.29 is 4.74 Å². The second-order valence-electron chi connectivity index (χ2n) is 6.19. The summed E-state index contributed by atoms with van der Waals surface area (Å²) in [5.41, 5.74) is 2.69. The monoisotopic (exact) mass is 285 g/mol. The van der Waals surface area contributed by atoms with E-state index in [1.807, 2.05) is 0 Å². The van der Waals surface area contributed by atoms with Crippen molar-refractivity contribution in [3.05, 3.63) is 35.4 Å². The third-order valence-corrected chi connectivity index (χ3v) is 4.43. The molecule has 114 valence electrons. The summed E-state index contributed by atoms with van der Waals surface area (Å²) in [5.74, 6) is 0.257. The van der Waals surface area contributed by atoms with E-state index in [9.17, 15) is 0 Å². The first-order valence-corrected chi connectivity index (χ1v) is 8.41. The summed E-state index contributed by atoms with van der Waals surface area (Å²) in [5, 5.41) is 8.90. The maximum Gasteiger partial charge on any atom is 0.0720 e. The van der Waals surface area contributed by atoms with E-state index >= 15 is 0 Å². The molecule has 1 aromatic carbocycles. The minimum Gasteiger partial charge on any atom is -0.374 e. The van der Waals surface area contributed by atoms with Crippen LogP contribution >= 0.6 is 0 Å². The van der Waals surface area contributed by atoms with Gasteiger partial charge < -0.3 is 4.74 Å². The van der Waals surface area contributed by atoms with E-state index in [2.05, 4.69) is 37.3 Å². The first kappa shape index (κ1) is 16.0. The average molecular weight is 285 g/mol. The number of nitrogens with zero attached hydrogens (tertiary/aromatic N) is 1. The van der Waals surface area contributed by atoms with Crippen molar-refractivity contribution in [2.75, 3.05) is 0 Å². The molecule has 1 aliphatic rings. The van der Waals surface area contributed by atoms with Gasteiger partial charge in [-0.3, -0.25) is 0 Å². The molecule has 0 N–H and O–H groups in total. The third kappa shape index (κ3) is 5.52. The van der Waals surface area contributed by atoms with Crippen molar-refractivity contribution >= 4 is 0 Å². The van der Waals surface area contributed by atoms with E-state index in [-0.39, 0.29) is 5.92 Å². The molecule has 0 atom stereocenters. The lowest BCUT2D eigenvalue weighted by molar-refractivity contribution is 0.0116. The van der Waals surface area contributed by atoms with Crippen molar-refractivity contribution in [3.8, 4) is 6.07 Å². The largest absolute Gasteiger partial charge is 0.374 e. The van der Waals surface area contributed by atoms with Crippen LogP contribution in [0.2, 0.25) is 0 Å². The fourth-order valence-electron chi connectivity index (χ4n) is 2.95. The highest BCUT2D eigenvalue weighted by Crippen LogP contribution is 2.26. The predicted octanol–water partition coefficient (Wildman–Crippen LogP) is 5.02. The van der Waals surface area contributed by atoms with Crippen molar-refractivity contribution in [2.45, 2.75) is 71.0 Å². The molecule has 2 heteroatoms. The molecular formula is C19H27NO. The van der Waals surface area contributed by atoms with E-state index in [1.54, 1.807) is 0 Å². The molecule has 0 radical (unpaired) electrons. The van der Waals surface area contributed by atoms with Crippen LogP contribution in [-0.4, -0.2) is 6.10 Å². The highest BCUT2D eigenvalue weighted by Gasteiger charge is 2.21. The van der Waals surface area contributed by atoms with Gasteiger partial charge in [0.15, 0.2) is 0 Å². The van der Waals surface area contributed by atoms with E-state index in [4.69, 9.17) is 10.00 Å². The normalized spacial score (nSPS) is 21.9. The SMILES string of the molecule is CCCCCc1ccc(CO[C@H]2CC[C@H](C#N)CC2)cc1. The van der Waals surface area contributed by atoms with Crippen LogP contribution in [0.5, 0.6) is 0 Å². The summed E-state index contributed by atoms with van der Waals surface area (Å²) in [6.45, 7) is 2.95. The topological polar surface area (TPSA) is 33.0 Å². The number of hydrogen-bond donors (Lipinski definition) is 0. The van der Waals surface area contributed by atoms with Crippen molar-refractivity contribution in [1.29, 1.82) is 5.26 Å². The Morgan fingerprint density at radius 2 is 1.71 bits per heavy atom. The molecule has 0 saturated heterocycles. The van der Waals surface area contributed by atoms with Gasteiger partial charge in [-0.05, 0) is 49.7 Å². The zero-order valence-corrected chi connectivity index (χ0v) is 13.2. The number of hydrogen-bond acceptors (Lipinski definition) is 2. The Bertz CT molecular complexity index is 438. The van der Waals surface area contributed by atoms with Gasteiger partial charge in [0, 0.05) is 5.92 Å². The molecule has 1 saturated carbocycles. The van der Waals surface area contributed by atoms with Gasteiger partial charge in [0.25, 0.3) is 0 Å². The van der Waals surface area contributed by atoms with Gasteiger partial charge in [0.1, 0.15) is 0 Å². The molecule has 1 aromatic rings. The van der Waals surface area contributed by atoms with Gasteiger partial charge in [-0.15, -0.1) is 0 Å². The molecule has 21 heavy (non-hydrogen) atoms. The van der Waals surface area contributed by atoms with Gasteiger partial charge in [-0.1, -0.05) is 44.0 Å². The molecule has 0 amide bonds. The standard InChI is InChI=1S/C19H27NO/c1-2-3-4-5-16-6-8-18(9-7-16)15-21-19-12-10-17(14-20)11-13-19/h6-9,17,19H,2-5,10-13,15H2,1H3/t17-,19-. The number of nitriles is 1. The number of ether oxygens (including phenoxy) is 1. The fourth-order valence-corrected chi connectivity index (χ4v) is 2.95. The summed E-state index contributed by atoms with van der Waals surface area (Å²) >= 11 is 0. The van der Waals surface area contributed by atoms with Crippen molar-refractivity contribution in [1.82, 2.24) is 0 Å². The highest BCUT2D eigenvalue weighted by atomic mass is 16.5. The Morgan fingerprint density at radius 3 is 2.33 bits per heavy atom. The lowest BCUT2D eigenvalue weighted by Gasteiger charge is -2.25. The minimum absolute atomic E-state index is 0.257. The zero-order valence-electron chi connectivity index (χ0n) is 13.2. The molecule has 2 rings (SSSR count). The molecule has 0 aliphatic heterocycles. The van der Waals surface area contributed by atoms with Gasteiger partial charge >= 0.3 is 0 Å². The van der Waals surface area contributed by atoms with Gasteiger partial charge in [0.2, 0.25) is 0 Å². The molecule has 0 aromatic heterocycles. The van der Waals surface area contributed by atoms with Gasteiger partial charge in [0.05, 0.1) is 18.8 Å². The van der Waals surface area contributed by atoms with Crippen LogP contribution in [0.15, 0.2) is 24.3 Å². The van der Waals surface area contributed by atoms with E-state index in [0.29, 0.717) is 12.7 Å². The second-order valence-corrected chi connectivity index (χ2v) is 6.19. The number of unbranched alkanes of at least 4 members (excludes halogenated alkanes) is 2. The molecule has 0 heterocycles. The summed E-state index contributed by atoms with van der Waals surface area (Å²) in [7, 11) is 0. The number of rotatable bonds is 7. The van der Waals surface area contributed by atoms with Gasteiger partial charge in [-0.2, -0.15) is 5.26 Å². The predicted molar refractivity (Wildman–Crippen MR) is 85.8 cm³/mol. The second kappa shape index (κ2) is 8.85. The quantitative estimate of drug-likeness (QED) is 0.659.